The van der Waals surface area contributed by atoms with Gasteiger partial charge in [0.1, 0.15) is 11.5 Å². The normalized spacial score (nSPS) is 18.0. The molecule has 0 N–H and O–H groups in total. The summed E-state index contributed by atoms with van der Waals surface area (Å²) in [7, 11) is 3.16. The molecule has 5 nitrogen and oxygen atoms in total. The molecule has 0 saturated carbocycles. The zero-order valence-corrected chi connectivity index (χ0v) is 13.2. The van der Waals surface area contributed by atoms with E-state index in [9.17, 15) is 9.59 Å². The van der Waals surface area contributed by atoms with Gasteiger partial charge in [-0.25, -0.2) is 0 Å². The van der Waals surface area contributed by atoms with Crippen molar-refractivity contribution < 1.29 is 19.1 Å². The minimum absolute atomic E-state index is 0.0689. The summed E-state index contributed by atoms with van der Waals surface area (Å²) in [5, 5.41) is 0.0870. The molecule has 2 rings (SSSR count). The van der Waals surface area contributed by atoms with Gasteiger partial charge in [-0.2, -0.15) is 0 Å². The van der Waals surface area contributed by atoms with Gasteiger partial charge in [-0.1, -0.05) is 11.8 Å². The lowest BCUT2D eigenvalue weighted by Gasteiger charge is -2.18. The average Bonchev–Trinajstić information content (AvgIpc) is 2.85. The smallest absolute Gasteiger partial charge is 0.227 e. The number of hydrogen-bond acceptors (Lipinski definition) is 5. The molecule has 1 aliphatic heterocycles. The molecule has 1 aliphatic rings. The quantitative estimate of drug-likeness (QED) is 0.835. The number of anilines is 1. The Labute approximate surface area is 128 Å². The fourth-order valence-electron chi connectivity index (χ4n) is 2.33. The summed E-state index contributed by atoms with van der Waals surface area (Å²) in [6.45, 7) is 2.17. The highest BCUT2D eigenvalue weighted by molar-refractivity contribution is 8.13. The zero-order chi connectivity index (χ0) is 15.4. The van der Waals surface area contributed by atoms with Gasteiger partial charge >= 0.3 is 0 Å². The van der Waals surface area contributed by atoms with Crippen molar-refractivity contribution in [1.82, 2.24) is 0 Å². The fourth-order valence-corrected chi connectivity index (χ4v) is 3.02. The number of carbonyl (C=O) groups excluding carboxylic acids is 2. The van der Waals surface area contributed by atoms with E-state index in [4.69, 9.17) is 9.47 Å². The van der Waals surface area contributed by atoms with Crippen LogP contribution < -0.4 is 14.4 Å². The molecule has 6 heteroatoms. The predicted molar refractivity (Wildman–Crippen MR) is 83.1 cm³/mol. The number of thioether (sulfide) groups is 1. The largest absolute Gasteiger partial charge is 0.497 e. The van der Waals surface area contributed by atoms with Crippen LogP contribution in [0, 0.1) is 5.92 Å². The number of benzene rings is 1. The summed E-state index contributed by atoms with van der Waals surface area (Å²) in [6.07, 6.45) is 0.472. The molecule has 1 fully saturated rings. The van der Waals surface area contributed by atoms with E-state index in [1.54, 1.807) is 32.1 Å². The minimum Gasteiger partial charge on any atom is -0.497 e. The van der Waals surface area contributed by atoms with Gasteiger partial charge in [0.15, 0.2) is 5.12 Å². The van der Waals surface area contributed by atoms with E-state index in [2.05, 4.69) is 0 Å². The van der Waals surface area contributed by atoms with Crippen LogP contribution in [0.3, 0.4) is 0 Å². The average molecular weight is 309 g/mol. The highest BCUT2D eigenvalue weighted by Crippen LogP contribution is 2.33. The SMILES string of the molecule is COc1cc(OC)cc(N2CC(CSC(C)=O)CC2=O)c1. The maximum atomic E-state index is 12.2. The predicted octanol–water partition coefficient (Wildman–Crippen LogP) is 2.34. The minimum atomic E-state index is 0.0689. The molecule has 1 heterocycles. The molecular formula is C15H19NO4S. The fraction of sp³-hybridized carbons (Fsp3) is 0.467. The van der Waals surface area contributed by atoms with Crippen LogP contribution in [-0.4, -0.2) is 37.5 Å². The van der Waals surface area contributed by atoms with Crippen LogP contribution in [0.4, 0.5) is 5.69 Å². The molecule has 0 radical (unpaired) electrons. The number of hydrogen-bond donors (Lipinski definition) is 0. The van der Waals surface area contributed by atoms with E-state index < -0.39 is 0 Å². The lowest BCUT2D eigenvalue weighted by atomic mass is 10.1. The molecule has 1 amide bonds. The second-order valence-electron chi connectivity index (χ2n) is 4.95. The Morgan fingerprint density at radius 1 is 1.29 bits per heavy atom. The summed E-state index contributed by atoms with van der Waals surface area (Å²) < 4.78 is 10.5. The first-order chi connectivity index (χ1) is 10.0. The molecule has 0 bridgehead atoms. The Morgan fingerprint density at radius 3 is 2.43 bits per heavy atom. The van der Waals surface area contributed by atoms with Gasteiger partial charge in [-0.3, -0.25) is 9.59 Å². The number of rotatable bonds is 5. The van der Waals surface area contributed by atoms with Crippen LogP contribution in [0.2, 0.25) is 0 Å². The highest BCUT2D eigenvalue weighted by atomic mass is 32.2. The summed E-state index contributed by atoms with van der Waals surface area (Å²) in [5.41, 5.74) is 0.770. The number of amides is 1. The Bertz CT molecular complexity index is 524. The van der Waals surface area contributed by atoms with E-state index in [1.165, 1.54) is 11.8 Å². The second-order valence-corrected chi connectivity index (χ2v) is 6.14. The molecule has 1 saturated heterocycles. The van der Waals surface area contributed by atoms with Crippen molar-refractivity contribution in [3.8, 4) is 11.5 Å². The Kier molecular flexibility index (Phi) is 5.12. The topological polar surface area (TPSA) is 55.8 Å². The third-order valence-corrected chi connectivity index (χ3v) is 4.42. The molecule has 0 spiro atoms. The van der Waals surface area contributed by atoms with Crippen molar-refractivity contribution in [3.63, 3.8) is 0 Å². The molecule has 0 aliphatic carbocycles. The van der Waals surface area contributed by atoms with Crippen molar-refractivity contribution in [2.24, 2.45) is 5.92 Å². The maximum absolute atomic E-state index is 12.2. The van der Waals surface area contributed by atoms with Crippen LogP contribution in [0.25, 0.3) is 0 Å². The molecular weight excluding hydrogens is 290 g/mol. The zero-order valence-electron chi connectivity index (χ0n) is 12.4. The Morgan fingerprint density at radius 2 is 1.90 bits per heavy atom. The van der Waals surface area contributed by atoms with Gasteiger partial charge in [-0.05, 0) is 5.92 Å². The molecule has 1 atom stereocenters. The molecule has 1 unspecified atom stereocenters. The lowest BCUT2D eigenvalue weighted by Crippen LogP contribution is -2.24. The van der Waals surface area contributed by atoms with Crippen molar-refractivity contribution in [2.75, 3.05) is 31.4 Å². The van der Waals surface area contributed by atoms with Crippen molar-refractivity contribution in [2.45, 2.75) is 13.3 Å². The number of nitrogens with zero attached hydrogens (tertiary/aromatic N) is 1. The number of ether oxygens (including phenoxy) is 2. The van der Waals surface area contributed by atoms with Gasteiger partial charge in [-0.15, -0.1) is 0 Å². The van der Waals surface area contributed by atoms with Crippen LogP contribution in [0.15, 0.2) is 18.2 Å². The van der Waals surface area contributed by atoms with Crippen molar-refractivity contribution >= 4 is 28.5 Å². The third-order valence-electron chi connectivity index (χ3n) is 3.38. The third kappa shape index (κ3) is 3.91. The summed E-state index contributed by atoms with van der Waals surface area (Å²) in [6, 6.07) is 5.41. The van der Waals surface area contributed by atoms with Crippen molar-refractivity contribution in [3.05, 3.63) is 18.2 Å². The van der Waals surface area contributed by atoms with E-state index in [0.29, 0.717) is 30.2 Å². The standard InChI is InChI=1S/C15H19NO4S/c1-10(17)21-9-11-4-15(18)16(8-11)12-5-13(19-2)7-14(6-12)20-3/h5-7,11H,4,8-9H2,1-3H3. The van der Waals surface area contributed by atoms with Gasteiger partial charge in [0.2, 0.25) is 5.91 Å². The Hall–Kier alpha value is -1.69. The highest BCUT2D eigenvalue weighted by Gasteiger charge is 2.31. The number of methoxy groups -OCH3 is 2. The van der Waals surface area contributed by atoms with Crippen LogP contribution in [-0.2, 0) is 9.59 Å². The summed E-state index contributed by atoms with van der Waals surface area (Å²) >= 11 is 1.28. The van der Waals surface area contributed by atoms with E-state index in [-0.39, 0.29) is 16.9 Å². The molecule has 1 aromatic rings. The van der Waals surface area contributed by atoms with E-state index in [1.807, 2.05) is 12.1 Å². The van der Waals surface area contributed by atoms with E-state index in [0.717, 1.165) is 5.69 Å². The molecule has 21 heavy (non-hydrogen) atoms. The Balaban J connectivity index is 2.14. The monoisotopic (exact) mass is 309 g/mol. The first kappa shape index (κ1) is 15.7. The lowest BCUT2D eigenvalue weighted by molar-refractivity contribution is -0.117. The molecule has 114 valence electrons. The summed E-state index contributed by atoms with van der Waals surface area (Å²) in [4.78, 5) is 24.9. The molecule has 1 aromatic carbocycles. The molecule has 0 aromatic heterocycles. The first-order valence-corrected chi connectivity index (χ1v) is 7.69. The van der Waals surface area contributed by atoms with Gasteiger partial charge < -0.3 is 14.4 Å². The van der Waals surface area contributed by atoms with E-state index >= 15 is 0 Å². The summed E-state index contributed by atoms with van der Waals surface area (Å²) in [5.74, 6) is 2.25. The van der Waals surface area contributed by atoms with Gasteiger partial charge in [0.05, 0.1) is 19.9 Å². The number of carbonyl (C=O) groups is 2. The maximum Gasteiger partial charge on any atom is 0.227 e. The second kappa shape index (κ2) is 6.85. The first-order valence-electron chi connectivity index (χ1n) is 6.70. The van der Waals surface area contributed by atoms with Gasteiger partial charge in [0, 0.05) is 43.8 Å². The van der Waals surface area contributed by atoms with Crippen molar-refractivity contribution in [1.29, 1.82) is 0 Å². The van der Waals surface area contributed by atoms with Crippen LogP contribution >= 0.6 is 11.8 Å². The van der Waals surface area contributed by atoms with Gasteiger partial charge in [0.25, 0.3) is 0 Å². The van der Waals surface area contributed by atoms with Crippen LogP contribution in [0.5, 0.6) is 11.5 Å². The van der Waals surface area contributed by atoms with Crippen LogP contribution in [0.1, 0.15) is 13.3 Å².